The monoisotopic (exact) mass is 262 g/mol. The van der Waals surface area contributed by atoms with Gasteiger partial charge in [-0.05, 0) is 25.2 Å². The molecular weight excluding hydrogens is 236 g/mol. The highest BCUT2D eigenvalue weighted by Crippen LogP contribution is 2.38. The minimum absolute atomic E-state index is 0.547. The molecule has 0 spiro atoms. The van der Waals surface area contributed by atoms with Crippen LogP contribution >= 0.6 is 0 Å². The highest BCUT2D eigenvalue weighted by atomic mass is 15.1. The molecule has 1 fully saturated rings. The van der Waals surface area contributed by atoms with Crippen LogP contribution in [0.15, 0.2) is 6.07 Å². The van der Waals surface area contributed by atoms with Crippen molar-refractivity contribution in [3.63, 3.8) is 0 Å². The summed E-state index contributed by atoms with van der Waals surface area (Å²) in [5.74, 6) is 3.67. The molecule has 1 saturated carbocycles. The number of nitrogens with two attached hydrogens (primary N) is 1. The molecule has 4 nitrogen and oxygen atoms in total. The van der Waals surface area contributed by atoms with Crippen molar-refractivity contribution in [1.82, 2.24) is 9.97 Å². The van der Waals surface area contributed by atoms with E-state index in [0.29, 0.717) is 11.7 Å². The van der Waals surface area contributed by atoms with Gasteiger partial charge >= 0.3 is 0 Å². The Hall–Kier alpha value is -1.32. The predicted octanol–water partition coefficient (Wildman–Crippen LogP) is 3.56. The lowest BCUT2D eigenvalue weighted by molar-refractivity contribution is 0.472. The molecule has 1 aromatic heterocycles. The summed E-state index contributed by atoms with van der Waals surface area (Å²) in [6.45, 7) is 5.48. The molecule has 1 aliphatic carbocycles. The molecule has 0 bridgehead atoms. The van der Waals surface area contributed by atoms with E-state index in [1.165, 1.54) is 38.5 Å². The molecule has 1 heterocycles. The third kappa shape index (κ3) is 4.37. The highest BCUT2D eigenvalue weighted by Gasteiger charge is 2.27. The first-order valence-electron chi connectivity index (χ1n) is 7.61. The topological polar surface area (TPSA) is 63.8 Å². The van der Waals surface area contributed by atoms with Gasteiger partial charge in [-0.2, -0.15) is 0 Å². The van der Waals surface area contributed by atoms with Crippen LogP contribution in [0, 0.1) is 5.92 Å². The van der Waals surface area contributed by atoms with E-state index in [-0.39, 0.29) is 0 Å². The van der Waals surface area contributed by atoms with Crippen LogP contribution in [0.3, 0.4) is 0 Å². The van der Waals surface area contributed by atoms with Crippen LogP contribution in [0.25, 0.3) is 0 Å². The number of unbranched alkanes of at least 4 members (excludes halogenated alkanes) is 1. The molecule has 4 heteroatoms. The van der Waals surface area contributed by atoms with E-state index in [2.05, 4.69) is 29.1 Å². The smallest absolute Gasteiger partial charge is 0.136 e. The van der Waals surface area contributed by atoms with Gasteiger partial charge in [-0.25, -0.2) is 9.97 Å². The lowest BCUT2D eigenvalue weighted by Gasteiger charge is -2.16. The first-order valence-corrected chi connectivity index (χ1v) is 7.61. The van der Waals surface area contributed by atoms with Crippen LogP contribution in [0.5, 0.6) is 0 Å². The van der Waals surface area contributed by atoms with Crippen LogP contribution in [0.2, 0.25) is 0 Å². The maximum Gasteiger partial charge on any atom is 0.136 e. The van der Waals surface area contributed by atoms with Crippen molar-refractivity contribution in [3.8, 4) is 0 Å². The van der Waals surface area contributed by atoms with Gasteiger partial charge in [-0.15, -0.1) is 0 Å². The normalized spacial score (nSPS) is 16.3. The Kier molecular flexibility index (Phi) is 5.00. The fraction of sp³-hybridized carbons (Fsp3) is 0.733. The molecule has 0 radical (unpaired) electrons. The van der Waals surface area contributed by atoms with Gasteiger partial charge in [0.1, 0.15) is 17.5 Å². The number of hydrogen-bond donors (Lipinski definition) is 2. The first kappa shape index (κ1) is 14.1. The summed E-state index contributed by atoms with van der Waals surface area (Å²) >= 11 is 0. The van der Waals surface area contributed by atoms with Gasteiger partial charge in [0, 0.05) is 18.5 Å². The Morgan fingerprint density at radius 1 is 1.37 bits per heavy atom. The number of nitrogens with one attached hydrogen (secondary N) is 1. The molecule has 3 N–H and O–H groups in total. The van der Waals surface area contributed by atoms with E-state index in [1.54, 1.807) is 0 Å². The van der Waals surface area contributed by atoms with Crippen molar-refractivity contribution in [1.29, 1.82) is 0 Å². The van der Waals surface area contributed by atoms with E-state index in [0.717, 1.165) is 24.1 Å². The van der Waals surface area contributed by atoms with Crippen molar-refractivity contribution < 1.29 is 0 Å². The Balaban J connectivity index is 1.90. The maximum absolute atomic E-state index is 5.85. The van der Waals surface area contributed by atoms with Gasteiger partial charge in [-0.1, -0.05) is 33.1 Å². The van der Waals surface area contributed by atoms with Gasteiger partial charge in [0.15, 0.2) is 0 Å². The zero-order valence-electron chi connectivity index (χ0n) is 12.2. The Morgan fingerprint density at radius 2 is 2.16 bits per heavy atom. The molecular formula is C15H26N4. The van der Waals surface area contributed by atoms with Crippen molar-refractivity contribution in [2.24, 2.45) is 5.92 Å². The van der Waals surface area contributed by atoms with E-state index in [1.807, 2.05) is 6.07 Å². The number of nitrogens with zero attached hydrogens (tertiary/aromatic N) is 2. The summed E-state index contributed by atoms with van der Waals surface area (Å²) in [7, 11) is 0. The van der Waals surface area contributed by atoms with Crippen molar-refractivity contribution in [2.75, 3.05) is 17.6 Å². The fourth-order valence-electron chi connectivity index (χ4n) is 2.29. The third-order valence-corrected chi connectivity index (χ3v) is 3.82. The zero-order chi connectivity index (χ0) is 13.7. The summed E-state index contributed by atoms with van der Waals surface area (Å²) < 4.78 is 0. The second-order valence-electron chi connectivity index (χ2n) is 5.61. The quantitative estimate of drug-likeness (QED) is 0.752. The Bertz CT molecular complexity index is 401. The molecule has 1 unspecified atom stereocenters. The molecule has 19 heavy (non-hydrogen) atoms. The minimum atomic E-state index is 0.547. The van der Waals surface area contributed by atoms with Crippen LogP contribution in [0.4, 0.5) is 11.6 Å². The molecule has 0 aromatic carbocycles. The first-order chi connectivity index (χ1) is 9.22. The molecule has 0 amide bonds. The number of nitrogen functional groups attached to an aromatic ring is 1. The average Bonchev–Trinajstić information content (AvgIpc) is 3.23. The Labute approximate surface area is 116 Å². The van der Waals surface area contributed by atoms with Crippen LogP contribution in [-0.2, 0) is 0 Å². The molecule has 1 atom stereocenters. The Morgan fingerprint density at radius 3 is 2.79 bits per heavy atom. The fourth-order valence-corrected chi connectivity index (χ4v) is 2.29. The van der Waals surface area contributed by atoms with Gasteiger partial charge < -0.3 is 11.1 Å². The molecule has 1 aromatic rings. The van der Waals surface area contributed by atoms with Crippen LogP contribution < -0.4 is 11.1 Å². The van der Waals surface area contributed by atoms with Gasteiger partial charge in [0.2, 0.25) is 0 Å². The largest absolute Gasteiger partial charge is 0.384 e. The van der Waals surface area contributed by atoms with Crippen molar-refractivity contribution >= 4 is 11.6 Å². The van der Waals surface area contributed by atoms with Gasteiger partial charge in [0.05, 0.1) is 0 Å². The number of rotatable bonds is 8. The van der Waals surface area contributed by atoms with Crippen molar-refractivity contribution in [2.45, 2.75) is 58.3 Å². The summed E-state index contributed by atoms with van der Waals surface area (Å²) in [4.78, 5) is 8.90. The number of anilines is 2. The standard InChI is InChI=1S/C15H26N4/c1-3-5-6-11(4-2)10-17-14-9-13(16)18-15(19-14)12-7-8-12/h9,11-12H,3-8,10H2,1-2H3,(H3,16,17,18,19). The van der Waals surface area contributed by atoms with Gasteiger partial charge in [-0.3, -0.25) is 0 Å². The summed E-state index contributed by atoms with van der Waals surface area (Å²) in [6, 6.07) is 1.85. The number of hydrogen-bond acceptors (Lipinski definition) is 4. The summed E-state index contributed by atoms with van der Waals surface area (Å²) in [5.41, 5.74) is 5.85. The molecule has 0 saturated heterocycles. The number of aromatic nitrogens is 2. The third-order valence-electron chi connectivity index (χ3n) is 3.82. The summed E-state index contributed by atoms with van der Waals surface area (Å²) in [5, 5.41) is 3.44. The molecule has 106 valence electrons. The highest BCUT2D eigenvalue weighted by molar-refractivity contribution is 5.45. The lowest BCUT2D eigenvalue weighted by Crippen LogP contribution is -2.15. The van der Waals surface area contributed by atoms with Crippen LogP contribution in [0.1, 0.15) is 64.1 Å². The minimum Gasteiger partial charge on any atom is -0.384 e. The second kappa shape index (κ2) is 6.73. The van der Waals surface area contributed by atoms with Crippen molar-refractivity contribution in [3.05, 3.63) is 11.9 Å². The summed E-state index contributed by atoms with van der Waals surface area (Å²) in [6.07, 6.45) is 7.48. The van der Waals surface area contributed by atoms with E-state index in [4.69, 9.17) is 5.73 Å². The molecule has 1 aliphatic rings. The van der Waals surface area contributed by atoms with E-state index in [9.17, 15) is 0 Å². The van der Waals surface area contributed by atoms with E-state index < -0.39 is 0 Å². The predicted molar refractivity (Wildman–Crippen MR) is 80.2 cm³/mol. The molecule has 0 aliphatic heterocycles. The average molecular weight is 262 g/mol. The zero-order valence-corrected chi connectivity index (χ0v) is 12.2. The molecule has 2 rings (SSSR count). The second-order valence-corrected chi connectivity index (χ2v) is 5.61. The van der Waals surface area contributed by atoms with Gasteiger partial charge in [0.25, 0.3) is 0 Å². The van der Waals surface area contributed by atoms with E-state index >= 15 is 0 Å². The maximum atomic E-state index is 5.85. The van der Waals surface area contributed by atoms with Crippen LogP contribution in [-0.4, -0.2) is 16.5 Å². The lowest BCUT2D eigenvalue weighted by atomic mass is 9.99. The SMILES string of the molecule is CCCCC(CC)CNc1cc(N)nc(C2CC2)n1.